The van der Waals surface area contributed by atoms with E-state index >= 15 is 0 Å². The maximum atomic E-state index is 5.90. The number of fused-ring (bicyclic) bond motifs is 1. The third-order valence-electron chi connectivity index (χ3n) is 4.66. The van der Waals surface area contributed by atoms with Gasteiger partial charge in [0.2, 0.25) is 0 Å². The van der Waals surface area contributed by atoms with E-state index in [1.807, 2.05) is 0 Å². The fraction of sp³-hybridized carbons (Fsp3) is 0.300. The maximum Gasteiger partial charge on any atom is 0.123 e. The van der Waals surface area contributed by atoms with E-state index in [9.17, 15) is 0 Å². The van der Waals surface area contributed by atoms with Crippen LogP contribution in [0, 0.1) is 0 Å². The summed E-state index contributed by atoms with van der Waals surface area (Å²) in [5.41, 5.74) is 2.11. The highest BCUT2D eigenvalue weighted by atomic mass is 16.5. The van der Waals surface area contributed by atoms with E-state index < -0.39 is 0 Å². The molecular formula is C20H21N3O2. The lowest BCUT2D eigenvalue weighted by Gasteiger charge is -2.33. The third kappa shape index (κ3) is 3.34. The number of morpholine rings is 1. The van der Waals surface area contributed by atoms with Gasteiger partial charge in [-0.2, -0.15) is 0 Å². The SMILES string of the molecule is COc1ccc2ccccc2c1CN1CCO[C@@H](c2cnccn2)C1. The summed E-state index contributed by atoms with van der Waals surface area (Å²) in [7, 11) is 1.73. The van der Waals surface area contributed by atoms with E-state index in [4.69, 9.17) is 9.47 Å². The van der Waals surface area contributed by atoms with Gasteiger partial charge in [-0.25, -0.2) is 0 Å². The molecule has 2 heterocycles. The van der Waals surface area contributed by atoms with Gasteiger partial charge in [-0.3, -0.25) is 14.9 Å². The number of methoxy groups -OCH3 is 1. The summed E-state index contributed by atoms with van der Waals surface area (Å²) in [6, 6.07) is 12.6. The van der Waals surface area contributed by atoms with Gasteiger partial charge < -0.3 is 9.47 Å². The molecule has 25 heavy (non-hydrogen) atoms. The van der Waals surface area contributed by atoms with Crippen molar-refractivity contribution >= 4 is 10.8 Å². The van der Waals surface area contributed by atoms with Crippen LogP contribution in [0.5, 0.6) is 5.75 Å². The Morgan fingerprint density at radius 2 is 2.12 bits per heavy atom. The molecule has 1 aliphatic rings. The Kier molecular flexibility index (Phi) is 4.59. The zero-order chi connectivity index (χ0) is 17.1. The average molecular weight is 335 g/mol. The highest BCUT2D eigenvalue weighted by molar-refractivity contribution is 5.87. The number of rotatable bonds is 4. The Hall–Kier alpha value is -2.50. The van der Waals surface area contributed by atoms with Gasteiger partial charge in [0.25, 0.3) is 0 Å². The van der Waals surface area contributed by atoms with Gasteiger partial charge in [0.15, 0.2) is 0 Å². The van der Waals surface area contributed by atoms with Gasteiger partial charge in [-0.05, 0) is 16.8 Å². The van der Waals surface area contributed by atoms with Gasteiger partial charge in [0.05, 0.1) is 25.6 Å². The van der Waals surface area contributed by atoms with Crippen molar-refractivity contribution in [1.82, 2.24) is 14.9 Å². The van der Waals surface area contributed by atoms with E-state index in [-0.39, 0.29) is 6.10 Å². The second kappa shape index (κ2) is 7.17. The van der Waals surface area contributed by atoms with Crippen molar-refractivity contribution < 1.29 is 9.47 Å². The number of aromatic nitrogens is 2. The van der Waals surface area contributed by atoms with Crippen molar-refractivity contribution in [1.29, 1.82) is 0 Å². The topological polar surface area (TPSA) is 47.5 Å². The Bertz CT molecular complexity index is 854. The smallest absolute Gasteiger partial charge is 0.123 e. The van der Waals surface area contributed by atoms with Crippen LogP contribution in [0.15, 0.2) is 55.0 Å². The first-order valence-corrected chi connectivity index (χ1v) is 8.49. The monoisotopic (exact) mass is 335 g/mol. The molecule has 1 fully saturated rings. The average Bonchev–Trinajstić information content (AvgIpc) is 2.69. The minimum atomic E-state index is -0.0385. The fourth-order valence-corrected chi connectivity index (χ4v) is 3.40. The molecular weight excluding hydrogens is 314 g/mol. The van der Waals surface area contributed by atoms with Crippen LogP contribution >= 0.6 is 0 Å². The molecule has 5 nitrogen and oxygen atoms in total. The molecule has 0 bridgehead atoms. The summed E-state index contributed by atoms with van der Waals surface area (Å²) < 4.78 is 11.5. The quantitative estimate of drug-likeness (QED) is 0.733. The first kappa shape index (κ1) is 16.0. The Labute approximate surface area is 147 Å². The number of nitrogens with zero attached hydrogens (tertiary/aromatic N) is 3. The van der Waals surface area contributed by atoms with Gasteiger partial charge in [-0.15, -0.1) is 0 Å². The van der Waals surface area contributed by atoms with Crippen LogP contribution < -0.4 is 4.74 Å². The molecule has 0 aliphatic carbocycles. The van der Waals surface area contributed by atoms with E-state index in [0.29, 0.717) is 6.61 Å². The van der Waals surface area contributed by atoms with Crippen molar-refractivity contribution in [3.05, 3.63) is 66.2 Å². The van der Waals surface area contributed by atoms with Crippen molar-refractivity contribution in [3.8, 4) is 5.75 Å². The molecule has 0 N–H and O–H groups in total. The molecule has 2 aromatic carbocycles. The predicted octanol–water partition coefficient (Wildman–Crippen LogP) is 3.21. The lowest BCUT2D eigenvalue weighted by atomic mass is 10.0. The van der Waals surface area contributed by atoms with E-state index in [1.54, 1.807) is 25.7 Å². The lowest BCUT2D eigenvalue weighted by molar-refractivity contribution is -0.0352. The first-order chi connectivity index (χ1) is 12.3. The normalized spacial score (nSPS) is 18.4. The Morgan fingerprint density at radius 3 is 2.96 bits per heavy atom. The van der Waals surface area contributed by atoms with Crippen LogP contribution in [-0.4, -0.2) is 41.7 Å². The van der Waals surface area contributed by atoms with Gasteiger partial charge in [0.1, 0.15) is 11.9 Å². The molecule has 1 saturated heterocycles. The molecule has 4 rings (SSSR count). The third-order valence-corrected chi connectivity index (χ3v) is 4.66. The minimum Gasteiger partial charge on any atom is -0.496 e. The van der Waals surface area contributed by atoms with E-state index in [1.165, 1.54) is 16.3 Å². The molecule has 0 saturated carbocycles. The van der Waals surface area contributed by atoms with Crippen LogP contribution in [0.4, 0.5) is 0 Å². The van der Waals surface area contributed by atoms with Crippen molar-refractivity contribution in [2.45, 2.75) is 12.6 Å². The van der Waals surface area contributed by atoms with Crippen LogP contribution in [-0.2, 0) is 11.3 Å². The van der Waals surface area contributed by atoms with Gasteiger partial charge in [0, 0.05) is 37.6 Å². The lowest BCUT2D eigenvalue weighted by Crippen LogP contribution is -2.38. The van der Waals surface area contributed by atoms with Crippen LogP contribution in [0.1, 0.15) is 17.4 Å². The van der Waals surface area contributed by atoms with E-state index in [0.717, 1.165) is 31.1 Å². The van der Waals surface area contributed by atoms with Crippen LogP contribution in [0.25, 0.3) is 10.8 Å². The van der Waals surface area contributed by atoms with Gasteiger partial charge in [-0.1, -0.05) is 30.3 Å². The standard InChI is InChI=1S/C20H21N3O2/c1-24-19-7-6-15-4-2-3-5-16(15)17(19)13-23-10-11-25-20(14-23)18-12-21-8-9-22-18/h2-9,12,20H,10-11,13-14H2,1H3/t20-/m1/s1. The summed E-state index contributed by atoms with van der Waals surface area (Å²) in [5, 5.41) is 2.47. The molecule has 5 heteroatoms. The largest absolute Gasteiger partial charge is 0.496 e. The molecule has 0 amide bonds. The second-order valence-corrected chi connectivity index (χ2v) is 6.19. The number of hydrogen-bond donors (Lipinski definition) is 0. The molecule has 0 radical (unpaired) electrons. The van der Waals surface area contributed by atoms with Gasteiger partial charge >= 0.3 is 0 Å². The van der Waals surface area contributed by atoms with Crippen molar-refractivity contribution in [2.24, 2.45) is 0 Å². The zero-order valence-corrected chi connectivity index (χ0v) is 14.3. The van der Waals surface area contributed by atoms with Crippen LogP contribution in [0.2, 0.25) is 0 Å². The first-order valence-electron chi connectivity index (χ1n) is 8.49. The number of hydrogen-bond acceptors (Lipinski definition) is 5. The Morgan fingerprint density at radius 1 is 1.20 bits per heavy atom. The molecule has 128 valence electrons. The molecule has 3 aromatic rings. The molecule has 1 aromatic heterocycles. The molecule has 1 aliphatic heterocycles. The highest BCUT2D eigenvalue weighted by Crippen LogP contribution is 2.30. The molecule has 1 atom stereocenters. The minimum absolute atomic E-state index is 0.0385. The van der Waals surface area contributed by atoms with Crippen molar-refractivity contribution in [2.75, 3.05) is 26.8 Å². The predicted molar refractivity (Wildman–Crippen MR) is 96.5 cm³/mol. The number of ether oxygens (including phenoxy) is 2. The Balaban J connectivity index is 1.60. The summed E-state index contributed by atoms with van der Waals surface area (Å²) in [5.74, 6) is 0.932. The van der Waals surface area contributed by atoms with E-state index in [2.05, 4.69) is 51.3 Å². The summed E-state index contributed by atoms with van der Waals surface area (Å²) >= 11 is 0. The number of benzene rings is 2. The molecule has 0 spiro atoms. The maximum absolute atomic E-state index is 5.90. The highest BCUT2D eigenvalue weighted by Gasteiger charge is 2.24. The van der Waals surface area contributed by atoms with Crippen LogP contribution in [0.3, 0.4) is 0 Å². The van der Waals surface area contributed by atoms with Crippen molar-refractivity contribution in [3.63, 3.8) is 0 Å². The molecule has 0 unspecified atom stereocenters. The summed E-state index contributed by atoms with van der Waals surface area (Å²) in [4.78, 5) is 10.9. The summed E-state index contributed by atoms with van der Waals surface area (Å²) in [6.07, 6.45) is 5.15. The summed E-state index contributed by atoms with van der Waals surface area (Å²) in [6.45, 7) is 3.20. The zero-order valence-electron chi connectivity index (χ0n) is 14.3. The fourth-order valence-electron chi connectivity index (χ4n) is 3.40. The second-order valence-electron chi connectivity index (χ2n) is 6.19.